The molecule has 0 bridgehead atoms. The maximum Gasteiger partial charge on any atom is 0.231 e. The quantitative estimate of drug-likeness (QED) is 0.590. The van der Waals surface area contributed by atoms with E-state index in [4.69, 9.17) is 9.47 Å². The van der Waals surface area contributed by atoms with Crippen LogP contribution in [0, 0.1) is 0 Å². The highest BCUT2D eigenvalue weighted by Gasteiger charge is 2.16. The maximum atomic E-state index is 13.0. The zero-order valence-corrected chi connectivity index (χ0v) is 16.2. The van der Waals surface area contributed by atoms with E-state index in [2.05, 4.69) is 5.32 Å². The van der Waals surface area contributed by atoms with Crippen molar-refractivity contribution in [3.8, 4) is 11.5 Å². The summed E-state index contributed by atoms with van der Waals surface area (Å²) in [5.41, 5.74) is 3.13. The van der Waals surface area contributed by atoms with Gasteiger partial charge in [0, 0.05) is 25.2 Å². The molecular weight excluding hydrogens is 364 g/mol. The molecule has 5 nitrogen and oxygen atoms in total. The number of benzene rings is 3. The summed E-state index contributed by atoms with van der Waals surface area (Å²) in [5, 5.41) is 3.35. The lowest BCUT2D eigenvalue weighted by atomic mass is 10.1. The number of anilines is 1. The van der Waals surface area contributed by atoms with Crippen molar-refractivity contribution in [2.45, 2.75) is 19.5 Å². The first-order valence-electron chi connectivity index (χ1n) is 9.78. The largest absolute Gasteiger partial charge is 0.454 e. The number of carbonyl (C=O) groups is 1. The number of nitrogens with zero attached hydrogens (tertiary/aromatic N) is 1. The van der Waals surface area contributed by atoms with Gasteiger partial charge in [-0.2, -0.15) is 0 Å². The van der Waals surface area contributed by atoms with Gasteiger partial charge in [-0.1, -0.05) is 54.6 Å². The lowest BCUT2D eigenvalue weighted by molar-refractivity contribution is -0.118. The number of fused-ring (bicyclic) bond motifs is 1. The van der Waals surface area contributed by atoms with Crippen molar-refractivity contribution in [2.24, 2.45) is 0 Å². The molecule has 148 valence electrons. The van der Waals surface area contributed by atoms with Gasteiger partial charge < -0.3 is 19.7 Å². The smallest absolute Gasteiger partial charge is 0.231 e. The van der Waals surface area contributed by atoms with Crippen LogP contribution in [0.5, 0.6) is 11.5 Å². The monoisotopic (exact) mass is 388 g/mol. The van der Waals surface area contributed by atoms with E-state index in [1.807, 2.05) is 83.8 Å². The average molecular weight is 388 g/mol. The summed E-state index contributed by atoms with van der Waals surface area (Å²) in [6.45, 7) is 2.11. The van der Waals surface area contributed by atoms with Gasteiger partial charge in [-0.3, -0.25) is 4.79 Å². The van der Waals surface area contributed by atoms with Crippen LogP contribution in [-0.2, 0) is 17.9 Å². The van der Waals surface area contributed by atoms with Crippen LogP contribution in [0.2, 0.25) is 0 Å². The molecule has 0 spiro atoms. The van der Waals surface area contributed by atoms with E-state index >= 15 is 0 Å². The Morgan fingerprint density at radius 2 is 1.59 bits per heavy atom. The Labute approximate surface area is 170 Å². The Balaban J connectivity index is 1.34. The summed E-state index contributed by atoms with van der Waals surface area (Å²) in [5.74, 6) is 1.65. The second-order valence-electron chi connectivity index (χ2n) is 6.92. The van der Waals surface area contributed by atoms with Crippen molar-refractivity contribution in [2.75, 3.05) is 18.2 Å². The fourth-order valence-electron chi connectivity index (χ4n) is 3.31. The molecule has 1 aliphatic rings. The molecule has 1 amide bonds. The summed E-state index contributed by atoms with van der Waals surface area (Å²) in [6.07, 6.45) is 0.423. The van der Waals surface area contributed by atoms with Crippen molar-refractivity contribution in [3.63, 3.8) is 0 Å². The molecule has 0 saturated carbocycles. The summed E-state index contributed by atoms with van der Waals surface area (Å²) in [4.78, 5) is 14.8. The van der Waals surface area contributed by atoms with Gasteiger partial charge in [0.1, 0.15) is 0 Å². The molecule has 1 N–H and O–H groups in total. The van der Waals surface area contributed by atoms with Crippen LogP contribution in [0.1, 0.15) is 17.5 Å². The molecule has 0 atom stereocenters. The van der Waals surface area contributed by atoms with E-state index in [1.165, 1.54) is 0 Å². The fourth-order valence-corrected chi connectivity index (χ4v) is 3.31. The van der Waals surface area contributed by atoms with Crippen molar-refractivity contribution in [1.82, 2.24) is 5.32 Å². The minimum Gasteiger partial charge on any atom is -0.454 e. The van der Waals surface area contributed by atoms with Gasteiger partial charge >= 0.3 is 0 Å². The summed E-state index contributed by atoms with van der Waals surface area (Å²) < 4.78 is 10.7. The lowest BCUT2D eigenvalue weighted by Crippen LogP contribution is -2.32. The van der Waals surface area contributed by atoms with Crippen molar-refractivity contribution in [1.29, 1.82) is 0 Å². The van der Waals surface area contributed by atoms with E-state index in [0.717, 1.165) is 28.3 Å². The zero-order chi connectivity index (χ0) is 19.9. The summed E-state index contributed by atoms with van der Waals surface area (Å²) >= 11 is 0. The van der Waals surface area contributed by atoms with Gasteiger partial charge in [0.05, 0.1) is 6.54 Å². The number of hydrogen-bond acceptors (Lipinski definition) is 4. The Kier molecular flexibility index (Phi) is 6.07. The van der Waals surface area contributed by atoms with E-state index < -0.39 is 0 Å². The molecule has 3 aromatic rings. The second-order valence-corrected chi connectivity index (χ2v) is 6.92. The Bertz CT molecular complexity index is 945. The number of hydrogen-bond donors (Lipinski definition) is 1. The van der Waals surface area contributed by atoms with Gasteiger partial charge in [-0.15, -0.1) is 0 Å². The van der Waals surface area contributed by atoms with Crippen molar-refractivity contribution < 1.29 is 14.3 Å². The zero-order valence-electron chi connectivity index (χ0n) is 16.2. The number of amides is 1. The number of nitrogens with one attached hydrogen (secondary N) is 1. The summed E-state index contributed by atoms with van der Waals surface area (Å²) in [7, 11) is 0. The topological polar surface area (TPSA) is 50.8 Å². The molecule has 1 heterocycles. The number of ether oxygens (including phenoxy) is 2. The third-order valence-corrected chi connectivity index (χ3v) is 4.83. The van der Waals surface area contributed by atoms with E-state index in [-0.39, 0.29) is 12.7 Å². The normalized spacial score (nSPS) is 12.0. The predicted octanol–water partition coefficient (Wildman–Crippen LogP) is 4.13. The SMILES string of the molecule is O=C(CCNCc1ccc2c(c1)OCO2)N(Cc1ccccc1)c1ccccc1. The Hall–Kier alpha value is -3.31. The first-order chi connectivity index (χ1) is 14.3. The highest BCUT2D eigenvalue weighted by atomic mass is 16.7. The van der Waals surface area contributed by atoms with Crippen LogP contribution in [0.15, 0.2) is 78.9 Å². The average Bonchev–Trinajstić information content (AvgIpc) is 3.24. The molecule has 3 aromatic carbocycles. The van der Waals surface area contributed by atoms with Gasteiger partial charge in [-0.25, -0.2) is 0 Å². The Morgan fingerprint density at radius 1 is 0.862 bits per heavy atom. The van der Waals surface area contributed by atoms with E-state index in [0.29, 0.717) is 26.1 Å². The molecule has 1 aliphatic heterocycles. The minimum atomic E-state index is 0.0956. The third-order valence-electron chi connectivity index (χ3n) is 4.83. The maximum absolute atomic E-state index is 13.0. The summed E-state index contributed by atoms with van der Waals surface area (Å²) in [6, 6.07) is 25.8. The molecule has 0 aromatic heterocycles. The first-order valence-corrected chi connectivity index (χ1v) is 9.78. The van der Waals surface area contributed by atoms with Crippen LogP contribution < -0.4 is 19.7 Å². The van der Waals surface area contributed by atoms with Crippen LogP contribution in [0.4, 0.5) is 5.69 Å². The highest BCUT2D eigenvalue weighted by molar-refractivity contribution is 5.93. The van der Waals surface area contributed by atoms with Crippen molar-refractivity contribution >= 4 is 11.6 Å². The lowest BCUT2D eigenvalue weighted by Gasteiger charge is -2.23. The molecule has 29 heavy (non-hydrogen) atoms. The molecule has 0 radical (unpaired) electrons. The fraction of sp³-hybridized carbons (Fsp3) is 0.208. The third kappa shape index (κ3) is 4.95. The first kappa shape index (κ1) is 19.0. The molecule has 5 heteroatoms. The van der Waals surface area contributed by atoms with E-state index in [9.17, 15) is 4.79 Å². The van der Waals surface area contributed by atoms with Gasteiger partial charge in [0.15, 0.2) is 11.5 Å². The van der Waals surface area contributed by atoms with Crippen LogP contribution in [0.3, 0.4) is 0 Å². The van der Waals surface area contributed by atoms with Gasteiger partial charge in [0.2, 0.25) is 12.7 Å². The molecule has 0 unspecified atom stereocenters. The Morgan fingerprint density at radius 3 is 2.38 bits per heavy atom. The predicted molar refractivity (Wildman–Crippen MR) is 113 cm³/mol. The molecule has 4 rings (SSSR count). The minimum absolute atomic E-state index is 0.0956. The second kappa shape index (κ2) is 9.26. The number of rotatable bonds is 8. The van der Waals surface area contributed by atoms with E-state index in [1.54, 1.807) is 0 Å². The van der Waals surface area contributed by atoms with Crippen LogP contribution in [-0.4, -0.2) is 19.2 Å². The van der Waals surface area contributed by atoms with Crippen LogP contribution >= 0.6 is 0 Å². The standard InChI is InChI=1S/C24H24N2O3/c27-24(13-14-25-16-20-11-12-22-23(15-20)29-18-28-22)26(21-9-5-2-6-10-21)17-19-7-3-1-4-8-19/h1-12,15,25H,13-14,16-18H2. The van der Waals surface area contributed by atoms with Crippen LogP contribution in [0.25, 0.3) is 0 Å². The van der Waals surface area contributed by atoms with Gasteiger partial charge in [0.25, 0.3) is 0 Å². The molecular formula is C24H24N2O3. The number of para-hydroxylation sites is 1. The molecule has 0 aliphatic carbocycles. The van der Waals surface area contributed by atoms with Crippen molar-refractivity contribution in [3.05, 3.63) is 90.0 Å². The number of carbonyl (C=O) groups excluding carboxylic acids is 1. The highest BCUT2D eigenvalue weighted by Crippen LogP contribution is 2.32. The molecule has 0 fully saturated rings. The molecule has 0 saturated heterocycles. The van der Waals surface area contributed by atoms with Gasteiger partial charge in [-0.05, 0) is 35.4 Å².